The normalized spacial score (nSPS) is 11.4. The van der Waals surface area contributed by atoms with E-state index in [9.17, 15) is 27.6 Å². The third kappa shape index (κ3) is 4.04. The molecule has 0 aliphatic rings. The summed E-state index contributed by atoms with van der Waals surface area (Å²) in [6.07, 6.45) is -3.41. The molecule has 10 heteroatoms. The molecule has 0 saturated carbocycles. The molecule has 0 spiro atoms. The van der Waals surface area contributed by atoms with Crippen molar-refractivity contribution in [2.24, 2.45) is 0 Å². The third-order valence-electron chi connectivity index (χ3n) is 4.05. The van der Waals surface area contributed by atoms with Crippen molar-refractivity contribution in [3.8, 4) is 0 Å². The second kappa shape index (κ2) is 7.68. The maximum absolute atomic E-state index is 13.2. The molecule has 0 radical (unpaired) electrons. The number of nitrogens with one attached hydrogen (secondary N) is 1. The first-order chi connectivity index (χ1) is 12.6. The van der Waals surface area contributed by atoms with Crippen molar-refractivity contribution in [2.45, 2.75) is 32.5 Å². The molecule has 146 valence electrons. The fourth-order valence-electron chi connectivity index (χ4n) is 2.64. The van der Waals surface area contributed by atoms with E-state index < -0.39 is 34.5 Å². The van der Waals surface area contributed by atoms with Crippen LogP contribution in [0.4, 0.5) is 24.7 Å². The van der Waals surface area contributed by atoms with Gasteiger partial charge >= 0.3 is 11.9 Å². The number of amides is 1. The van der Waals surface area contributed by atoms with Gasteiger partial charge < -0.3 is 10.6 Å². The van der Waals surface area contributed by atoms with E-state index in [0.29, 0.717) is 6.42 Å². The van der Waals surface area contributed by atoms with Crippen LogP contribution in [0.15, 0.2) is 33.9 Å². The molecular weight excluding hydrogens is 365 g/mol. The van der Waals surface area contributed by atoms with Gasteiger partial charge in [-0.2, -0.15) is 13.2 Å². The van der Waals surface area contributed by atoms with Crippen LogP contribution in [-0.2, 0) is 12.7 Å². The lowest BCUT2D eigenvalue weighted by Crippen LogP contribution is -2.39. The van der Waals surface area contributed by atoms with Crippen molar-refractivity contribution in [1.29, 1.82) is 0 Å². The third-order valence-corrected chi connectivity index (χ3v) is 4.05. The zero-order valence-corrected chi connectivity index (χ0v) is 14.8. The van der Waals surface area contributed by atoms with Crippen LogP contribution < -0.4 is 21.9 Å². The zero-order valence-electron chi connectivity index (χ0n) is 14.8. The molecule has 0 aliphatic heterocycles. The Labute approximate surface area is 152 Å². The highest BCUT2D eigenvalue weighted by atomic mass is 19.4. The van der Waals surface area contributed by atoms with E-state index >= 15 is 0 Å². The van der Waals surface area contributed by atoms with Gasteiger partial charge in [0, 0.05) is 13.6 Å². The Morgan fingerprint density at radius 3 is 2.48 bits per heavy atom. The first kappa shape index (κ1) is 20.3. The standard InChI is InChI=1S/C17H19F3N4O3/c1-3-4-9-24-13(21)12(14(25)22-16(24)27)23(2)15(26)10-7-5-6-8-11(10)17(18,19)20/h5-8H,3-4,9,21H2,1-2H3,(H,22,25,27). The molecule has 27 heavy (non-hydrogen) atoms. The first-order valence-electron chi connectivity index (χ1n) is 8.16. The molecule has 1 aromatic carbocycles. The molecule has 3 N–H and O–H groups in total. The van der Waals surface area contributed by atoms with Crippen LogP contribution >= 0.6 is 0 Å². The van der Waals surface area contributed by atoms with E-state index in [1.54, 1.807) is 0 Å². The number of nitrogens with zero attached hydrogens (tertiary/aromatic N) is 2. The minimum atomic E-state index is -4.75. The highest BCUT2D eigenvalue weighted by Crippen LogP contribution is 2.32. The number of H-pyrrole nitrogens is 1. The summed E-state index contributed by atoms with van der Waals surface area (Å²) in [5.41, 5.74) is 2.06. The Hall–Kier alpha value is -3.04. The Morgan fingerprint density at radius 1 is 1.26 bits per heavy atom. The average molecular weight is 384 g/mol. The SMILES string of the molecule is CCCCn1c(N)c(N(C)C(=O)c2ccccc2C(F)(F)F)c(=O)[nH]c1=O. The maximum Gasteiger partial charge on any atom is 0.417 e. The molecule has 1 aromatic heterocycles. The summed E-state index contributed by atoms with van der Waals surface area (Å²) in [7, 11) is 1.13. The highest BCUT2D eigenvalue weighted by Gasteiger charge is 2.36. The van der Waals surface area contributed by atoms with Gasteiger partial charge in [0.15, 0.2) is 5.69 Å². The topological polar surface area (TPSA) is 101 Å². The lowest BCUT2D eigenvalue weighted by atomic mass is 10.1. The molecule has 1 heterocycles. The van der Waals surface area contributed by atoms with Crippen molar-refractivity contribution < 1.29 is 18.0 Å². The van der Waals surface area contributed by atoms with E-state index in [1.165, 1.54) is 6.07 Å². The molecule has 0 unspecified atom stereocenters. The largest absolute Gasteiger partial charge is 0.417 e. The lowest BCUT2D eigenvalue weighted by molar-refractivity contribution is -0.137. The molecule has 2 aromatic rings. The monoisotopic (exact) mass is 384 g/mol. The number of alkyl halides is 3. The molecule has 1 amide bonds. The smallest absolute Gasteiger partial charge is 0.383 e. The van der Waals surface area contributed by atoms with Gasteiger partial charge in [0.05, 0.1) is 11.1 Å². The lowest BCUT2D eigenvalue weighted by Gasteiger charge is -2.22. The zero-order chi connectivity index (χ0) is 20.4. The number of nitrogen functional groups attached to an aromatic ring is 1. The van der Waals surface area contributed by atoms with Crippen molar-refractivity contribution in [2.75, 3.05) is 17.7 Å². The number of hydrogen-bond acceptors (Lipinski definition) is 4. The van der Waals surface area contributed by atoms with Gasteiger partial charge in [-0.1, -0.05) is 25.5 Å². The van der Waals surface area contributed by atoms with Crippen LogP contribution in [0.2, 0.25) is 0 Å². The number of carbonyl (C=O) groups is 1. The van der Waals surface area contributed by atoms with Crippen molar-refractivity contribution >= 4 is 17.4 Å². The molecule has 7 nitrogen and oxygen atoms in total. The molecule has 2 rings (SSSR count). The van der Waals surface area contributed by atoms with Gasteiger partial charge in [0.25, 0.3) is 11.5 Å². The Bertz CT molecular complexity index is 963. The van der Waals surface area contributed by atoms with Gasteiger partial charge in [-0.3, -0.25) is 19.1 Å². The fraction of sp³-hybridized carbons (Fsp3) is 0.353. The van der Waals surface area contributed by atoms with E-state index in [1.807, 2.05) is 11.9 Å². The summed E-state index contributed by atoms with van der Waals surface area (Å²) in [4.78, 5) is 39.5. The number of anilines is 2. The number of halogens is 3. The predicted octanol–water partition coefficient (Wildman–Crippen LogP) is 2.21. The van der Waals surface area contributed by atoms with E-state index in [-0.39, 0.29) is 18.1 Å². The Balaban J connectivity index is 2.56. The minimum Gasteiger partial charge on any atom is -0.383 e. The summed E-state index contributed by atoms with van der Waals surface area (Å²) in [5, 5.41) is 0. The number of rotatable bonds is 5. The molecule has 0 bridgehead atoms. The minimum absolute atomic E-state index is 0.201. The summed E-state index contributed by atoms with van der Waals surface area (Å²) in [6.45, 7) is 2.09. The van der Waals surface area contributed by atoms with Crippen LogP contribution in [0, 0.1) is 0 Å². The van der Waals surface area contributed by atoms with E-state index in [0.717, 1.165) is 41.1 Å². The number of benzene rings is 1. The van der Waals surface area contributed by atoms with Crippen molar-refractivity contribution in [3.63, 3.8) is 0 Å². The van der Waals surface area contributed by atoms with Crippen molar-refractivity contribution in [1.82, 2.24) is 9.55 Å². The Morgan fingerprint density at radius 2 is 1.89 bits per heavy atom. The highest BCUT2D eigenvalue weighted by molar-refractivity contribution is 6.07. The summed E-state index contributed by atoms with van der Waals surface area (Å²) in [6, 6.07) is 4.23. The fourth-order valence-corrected chi connectivity index (χ4v) is 2.64. The van der Waals surface area contributed by atoms with Gasteiger partial charge in [0.1, 0.15) is 5.82 Å². The number of carbonyl (C=O) groups excluding carboxylic acids is 1. The summed E-state index contributed by atoms with van der Waals surface area (Å²) < 4.78 is 40.6. The first-order valence-corrected chi connectivity index (χ1v) is 8.16. The summed E-state index contributed by atoms with van der Waals surface area (Å²) >= 11 is 0. The van der Waals surface area contributed by atoms with Gasteiger partial charge in [-0.05, 0) is 18.6 Å². The second-order valence-electron chi connectivity index (χ2n) is 5.91. The molecule has 0 saturated heterocycles. The van der Waals surface area contributed by atoms with Crippen LogP contribution in [0.5, 0.6) is 0 Å². The van der Waals surface area contributed by atoms with Crippen LogP contribution in [-0.4, -0.2) is 22.5 Å². The molecule has 0 atom stereocenters. The number of nitrogens with two attached hydrogens (primary N) is 1. The van der Waals surface area contributed by atoms with E-state index in [4.69, 9.17) is 5.73 Å². The number of hydrogen-bond donors (Lipinski definition) is 2. The average Bonchev–Trinajstić information content (AvgIpc) is 2.59. The van der Waals surface area contributed by atoms with Crippen LogP contribution in [0.3, 0.4) is 0 Å². The van der Waals surface area contributed by atoms with Crippen LogP contribution in [0.1, 0.15) is 35.7 Å². The number of aromatic amines is 1. The number of unbranched alkanes of at least 4 members (excludes halogenated alkanes) is 1. The van der Waals surface area contributed by atoms with Crippen molar-refractivity contribution in [3.05, 3.63) is 56.2 Å². The molecule has 0 fully saturated rings. The summed E-state index contributed by atoms with van der Waals surface area (Å²) in [5.74, 6) is -1.35. The van der Waals surface area contributed by atoms with Gasteiger partial charge in [-0.25, -0.2) is 4.79 Å². The van der Waals surface area contributed by atoms with Gasteiger partial charge in [0.2, 0.25) is 0 Å². The molecule has 0 aliphatic carbocycles. The second-order valence-corrected chi connectivity index (χ2v) is 5.91. The Kier molecular flexibility index (Phi) is 5.77. The quantitative estimate of drug-likeness (QED) is 0.825. The van der Waals surface area contributed by atoms with Gasteiger partial charge in [-0.15, -0.1) is 0 Å². The predicted molar refractivity (Wildman–Crippen MR) is 94.8 cm³/mol. The maximum atomic E-state index is 13.2. The molecular formula is C17H19F3N4O3. The number of aromatic nitrogens is 2. The van der Waals surface area contributed by atoms with Crippen LogP contribution in [0.25, 0.3) is 0 Å². The van der Waals surface area contributed by atoms with E-state index in [2.05, 4.69) is 0 Å².